The summed E-state index contributed by atoms with van der Waals surface area (Å²) in [6, 6.07) is 6.69. The van der Waals surface area contributed by atoms with Gasteiger partial charge in [0.1, 0.15) is 0 Å². The highest BCUT2D eigenvalue weighted by molar-refractivity contribution is 9.10. The summed E-state index contributed by atoms with van der Waals surface area (Å²) in [5.74, 6) is 0. The molecular weight excluding hydrogens is 238 g/mol. The molecule has 0 amide bonds. The Morgan fingerprint density at radius 2 is 1.93 bits per heavy atom. The molecule has 1 aliphatic rings. The molecule has 76 valence electrons. The molecule has 1 heterocycles. The van der Waals surface area contributed by atoms with Crippen molar-refractivity contribution in [2.45, 2.75) is 19.8 Å². The van der Waals surface area contributed by atoms with E-state index in [0.717, 1.165) is 0 Å². The lowest BCUT2D eigenvalue weighted by atomic mass is 10.0. The maximum absolute atomic E-state index is 3.53. The van der Waals surface area contributed by atoms with Gasteiger partial charge in [0, 0.05) is 17.6 Å². The average molecular weight is 254 g/mol. The number of nitrogens with zero attached hydrogens (tertiary/aromatic N) is 1. The van der Waals surface area contributed by atoms with Gasteiger partial charge in [-0.3, -0.25) is 0 Å². The first-order valence-electron chi connectivity index (χ1n) is 5.29. The Hall–Kier alpha value is -0.340. The van der Waals surface area contributed by atoms with Crippen LogP contribution in [0.25, 0.3) is 0 Å². The Kier molecular flexibility index (Phi) is 3.24. The molecule has 0 N–H and O–H groups in total. The summed E-state index contributed by atoms with van der Waals surface area (Å²) in [7, 11) is 0. The van der Waals surface area contributed by atoms with Crippen LogP contribution in [0.15, 0.2) is 22.7 Å². The summed E-state index contributed by atoms with van der Waals surface area (Å²) in [6.07, 6.45) is 2.40. The third-order valence-corrected chi connectivity index (χ3v) is 3.50. The molecule has 0 aliphatic carbocycles. The van der Waals surface area contributed by atoms with Gasteiger partial charge < -0.3 is 4.90 Å². The van der Waals surface area contributed by atoms with E-state index in [0.29, 0.717) is 0 Å². The van der Waals surface area contributed by atoms with E-state index in [9.17, 15) is 0 Å². The number of likely N-dealkylation sites (N-methyl/N-ethyl adjacent to an activating group) is 1. The van der Waals surface area contributed by atoms with Crippen LogP contribution in [0.4, 0.5) is 0 Å². The summed E-state index contributed by atoms with van der Waals surface area (Å²) < 4.78 is 1.21. The van der Waals surface area contributed by atoms with Crippen molar-refractivity contribution in [1.29, 1.82) is 0 Å². The molecule has 0 saturated carbocycles. The van der Waals surface area contributed by atoms with Crippen LogP contribution in [0.5, 0.6) is 0 Å². The van der Waals surface area contributed by atoms with Crippen LogP contribution >= 0.6 is 15.9 Å². The molecule has 1 nitrogen and oxygen atoms in total. The number of benzene rings is 1. The molecular formula is C12H16BrN. The summed E-state index contributed by atoms with van der Waals surface area (Å²) in [4.78, 5) is 2.52. The van der Waals surface area contributed by atoms with E-state index in [2.05, 4.69) is 46.0 Å². The Balaban J connectivity index is 2.21. The number of hydrogen-bond donors (Lipinski definition) is 0. The molecule has 0 bridgehead atoms. The van der Waals surface area contributed by atoms with Crippen LogP contribution in [-0.4, -0.2) is 24.5 Å². The molecule has 1 aromatic carbocycles. The smallest absolute Gasteiger partial charge is 0.0178 e. The van der Waals surface area contributed by atoms with Gasteiger partial charge in [-0.1, -0.05) is 28.9 Å². The highest BCUT2D eigenvalue weighted by atomic mass is 79.9. The van der Waals surface area contributed by atoms with E-state index in [4.69, 9.17) is 0 Å². The fourth-order valence-corrected chi connectivity index (χ4v) is 2.46. The molecule has 0 unspecified atom stereocenters. The van der Waals surface area contributed by atoms with Crippen LogP contribution in [-0.2, 0) is 12.8 Å². The minimum absolute atomic E-state index is 1.18. The van der Waals surface area contributed by atoms with Crippen molar-refractivity contribution in [2.75, 3.05) is 19.6 Å². The predicted molar refractivity (Wildman–Crippen MR) is 63.7 cm³/mol. The Labute approximate surface area is 94.2 Å². The molecule has 0 aromatic heterocycles. The minimum atomic E-state index is 1.18. The first-order chi connectivity index (χ1) is 6.79. The minimum Gasteiger partial charge on any atom is -0.303 e. The van der Waals surface area contributed by atoms with Gasteiger partial charge in [-0.25, -0.2) is 0 Å². The SMILES string of the molecule is CCN1CCc2ccc(Br)cc2CC1. The van der Waals surface area contributed by atoms with Gasteiger partial charge in [-0.2, -0.15) is 0 Å². The zero-order valence-corrected chi connectivity index (χ0v) is 10.2. The third kappa shape index (κ3) is 2.18. The van der Waals surface area contributed by atoms with Crippen molar-refractivity contribution < 1.29 is 0 Å². The van der Waals surface area contributed by atoms with Crippen LogP contribution < -0.4 is 0 Å². The molecule has 1 aliphatic heterocycles. The summed E-state index contributed by atoms with van der Waals surface area (Å²) in [6.45, 7) is 5.84. The Bertz CT molecular complexity index is 322. The number of hydrogen-bond acceptors (Lipinski definition) is 1. The maximum Gasteiger partial charge on any atom is 0.0178 e. The predicted octanol–water partition coefficient (Wildman–Crippen LogP) is 2.87. The highest BCUT2D eigenvalue weighted by Crippen LogP contribution is 2.20. The molecule has 14 heavy (non-hydrogen) atoms. The van der Waals surface area contributed by atoms with E-state index >= 15 is 0 Å². The second kappa shape index (κ2) is 4.45. The number of fused-ring (bicyclic) bond motifs is 1. The lowest BCUT2D eigenvalue weighted by Gasteiger charge is -2.16. The average Bonchev–Trinajstić information content (AvgIpc) is 2.39. The Morgan fingerprint density at radius 1 is 1.21 bits per heavy atom. The number of halogens is 1. The van der Waals surface area contributed by atoms with Gasteiger partial charge in [-0.15, -0.1) is 0 Å². The van der Waals surface area contributed by atoms with Gasteiger partial charge in [0.2, 0.25) is 0 Å². The van der Waals surface area contributed by atoms with E-state index < -0.39 is 0 Å². The molecule has 2 heteroatoms. The molecule has 0 atom stereocenters. The second-order valence-corrected chi connectivity index (χ2v) is 4.76. The van der Waals surface area contributed by atoms with Gasteiger partial charge in [-0.05, 0) is 42.6 Å². The van der Waals surface area contributed by atoms with Crippen molar-refractivity contribution in [1.82, 2.24) is 4.90 Å². The quantitative estimate of drug-likeness (QED) is 0.744. The summed E-state index contributed by atoms with van der Waals surface area (Å²) >= 11 is 3.53. The fourth-order valence-electron chi connectivity index (χ4n) is 2.06. The van der Waals surface area contributed by atoms with Gasteiger partial charge >= 0.3 is 0 Å². The van der Waals surface area contributed by atoms with Gasteiger partial charge in [0.15, 0.2) is 0 Å². The largest absolute Gasteiger partial charge is 0.303 e. The van der Waals surface area contributed by atoms with Crippen molar-refractivity contribution in [3.63, 3.8) is 0 Å². The molecule has 0 spiro atoms. The summed E-state index contributed by atoms with van der Waals surface area (Å²) in [5, 5.41) is 0. The molecule has 2 rings (SSSR count). The van der Waals surface area contributed by atoms with Gasteiger partial charge in [0.05, 0.1) is 0 Å². The molecule has 0 radical (unpaired) electrons. The fraction of sp³-hybridized carbons (Fsp3) is 0.500. The Morgan fingerprint density at radius 3 is 2.64 bits per heavy atom. The first-order valence-corrected chi connectivity index (χ1v) is 6.08. The molecule has 0 saturated heterocycles. The maximum atomic E-state index is 3.53. The summed E-state index contributed by atoms with van der Waals surface area (Å²) in [5.41, 5.74) is 3.06. The van der Waals surface area contributed by atoms with Gasteiger partial charge in [0.25, 0.3) is 0 Å². The molecule has 0 fully saturated rings. The zero-order valence-electron chi connectivity index (χ0n) is 8.59. The lowest BCUT2D eigenvalue weighted by Crippen LogP contribution is -2.25. The van der Waals surface area contributed by atoms with Crippen molar-refractivity contribution >= 4 is 15.9 Å². The van der Waals surface area contributed by atoms with E-state index in [1.807, 2.05) is 0 Å². The van der Waals surface area contributed by atoms with Crippen LogP contribution in [0.1, 0.15) is 18.1 Å². The standard InChI is InChI=1S/C12H16BrN/c1-2-14-7-5-10-3-4-12(13)9-11(10)6-8-14/h3-4,9H,2,5-8H2,1H3. The highest BCUT2D eigenvalue weighted by Gasteiger charge is 2.12. The van der Waals surface area contributed by atoms with Crippen molar-refractivity contribution in [3.05, 3.63) is 33.8 Å². The molecule has 1 aromatic rings. The normalized spacial score (nSPS) is 17.6. The van der Waals surface area contributed by atoms with E-state index in [-0.39, 0.29) is 0 Å². The van der Waals surface area contributed by atoms with Crippen LogP contribution in [0.2, 0.25) is 0 Å². The second-order valence-electron chi connectivity index (χ2n) is 3.85. The topological polar surface area (TPSA) is 3.24 Å². The number of rotatable bonds is 1. The zero-order chi connectivity index (χ0) is 9.97. The van der Waals surface area contributed by atoms with Crippen molar-refractivity contribution in [2.24, 2.45) is 0 Å². The van der Waals surface area contributed by atoms with Crippen molar-refractivity contribution in [3.8, 4) is 0 Å². The lowest BCUT2D eigenvalue weighted by molar-refractivity contribution is 0.303. The third-order valence-electron chi connectivity index (χ3n) is 3.01. The monoisotopic (exact) mass is 253 g/mol. The van der Waals surface area contributed by atoms with Crippen LogP contribution in [0, 0.1) is 0 Å². The van der Waals surface area contributed by atoms with E-state index in [1.54, 1.807) is 0 Å². The first kappa shape index (κ1) is 10.2. The van der Waals surface area contributed by atoms with Crippen LogP contribution in [0.3, 0.4) is 0 Å². The van der Waals surface area contributed by atoms with E-state index in [1.165, 1.54) is 48.1 Å².